The van der Waals surface area contributed by atoms with Gasteiger partial charge in [-0.25, -0.2) is 0 Å². The van der Waals surface area contributed by atoms with Gasteiger partial charge in [-0.05, 0) is 24.3 Å². The van der Waals surface area contributed by atoms with Crippen LogP contribution in [0.3, 0.4) is 0 Å². The molecule has 0 aliphatic rings. The lowest BCUT2D eigenvalue weighted by Crippen LogP contribution is -2.33. The minimum atomic E-state index is 0.0796. The first-order chi connectivity index (χ1) is 10.1. The molecule has 1 amide bonds. The lowest BCUT2D eigenvalue weighted by molar-refractivity contribution is -0.132. The summed E-state index contributed by atoms with van der Waals surface area (Å²) in [5, 5.41) is 3.25. The topological polar surface area (TPSA) is 58.6 Å². The molecule has 0 bridgehead atoms. The van der Waals surface area contributed by atoms with E-state index in [9.17, 15) is 4.79 Å². The number of rotatable bonds is 8. The van der Waals surface area contributed by atoms with Crippen molar-refractivity contribution >= 4 is 5.91 Å². The molecule has 0 aliphatic carbocycles. The Morgan fingerprint density at radius 3 is 2.14 bits per heavy atom. The standard InChI is InChI=1S/C16H22N2O3/c1-13(2)17-8-7-16(19)18(11-14-5-3-9-20-14)12-15-6-4-10-21-15/h3-6,9-10,13,17H,7-8,11-12H2,1-2H3. The molecule has 114 valence electrons. The van der Waals surface area contributed by atoms with E-state index in [2.05, 4.69) is 19.2 Å². The third-order valence-electron chi connectivity index (χ3n) is 3.10. The molecule has 2 rings (SSSR count). The number of carbonyl (C=O) groups excluding carboxylic acids is 1. The summed E-state index contributed by atoms with van der Waals surface area (Å²) in [5.74, 6) is 1.62. The molecule has 0 radical (unpaired) electrons. The zero-order chi connectivity index (χ0) is 15.1. The van der Waals surface area contributed by atoms with Crippen LogP contribution >= 0.6 is 0 Å². The molecule has 0 atom stereocenters. The van der Waals surface area contributed by atoms with Gasteiger partial charge in [-0.15, -0.1) is 0 Å². The molecule has 2 aromatic heterocycles. The Morgan fingerprint density at radius 2 is 1.71 bits per heavy atom. The second-order valence-corrected chi connectivity index (χ2v) is 5.27. The summed E-state index contributed by atoms with van der Waals surface area (Å²) in [5.41, 5.74) is 0. The number of amides is 1. The van der Waals surface area contributed by atoms with Crippen LogP contribution in [0.15, 0.2) is 45.6 Å². The van der Waals surface area contributed by atoms with E-state index in [1.807, 2.05) is 24.3 Å². The first-order valence-corrected chi connectivity index (χ1v) is 7.21. The summed E-state index contributed by atoms with van der Waals surface area (Å²) in [6.45, 7) is 5.70. The first-order valence-electron chi connectivity index (χ1n) is 7.21. The number of nitrogens with zero attached hydrogens (tertiary/aromatic N) is 1. The van der Waals surface area contributed by atoms with Crippen molar-refractivity contribution in [1.29, 1.82) is 0 Å². The van der Waals surface area contributed by atoms with Crippen molar-refractivity contribution < 1.29 is 13.6 Å². The van der Waals surface area contributed by atoms with Crippen LogP contribution < -0.4 is 5.32 Å². The smallest absolute Gasteiger partial charge is 0.224 e. The number of hydrogen-bond acceptors (Lipinski definition) is 4. The first kappa shape index (κ1) is 15.4. The van der Waals surface area contributed by atoms with Crippen molar-refractivity contribution in [1.82, 2.24) is 10.2 Å². The van der Waals surface area contributed by atoms with Crippen LogP contribution in [0.5, 0.6) is 0 Å². The molecular formula is C16H22N2O3. The average Bonchev–Trinajstić information content (AvgIpc) is 3.10. The summed E-state index contributed by atoms with van der Waals surface area (Å²) in [7, 11) is 0. The summed E-state index contributed by atoms with van der Waals surface area (Å²) in [6.07, 6.45) is 3.69. The second-order valence-electron chi connectivity index (χ2n) is 5.27. The van der Waals surface area contributed by atoms with Crippen molar-refractivity contribution in [2.45, 2.75) is 39.4 Å². The molecule has 0 spiro atoms. The van der Waals surface area contributed by atoms with Gasteiger partial charge in [-0.2, -0.15) is 0 Å². The molecule has 5 heteroatoms. The number of carbonyl (C=O) groups is 1. The molecule has 1 N–H and O–H groups in total. The van der Waals surface area contributed by atoms with Crippen LogP contribution in [0.4, 0.5) is 0 Å². The normalized spacial score (nSPS) is 11.0. The third-order valence-corrected chi connectivity index (χ3v) is 3.10. The largest absolute Gasteiger partial charge is 0.467 e. The third kappa shape index (κ3) is 5.11. The lowest BCUT2D eigenvalue weighted by Gasteiger charge is -2.21. The molecule has 0 saturated heterocycles. The van der Waals surface area contributed by atoms with E-state index in [1.165, 1.54) is 0 Å². The molecule has 5 nitrogen and oxygen atoms in total. The van der Waals surface area contributed by atoms with Crippen LogP contribution in [-0.2, 0) is 17.9 Å². The van der Waals surface area contributed by atoms with E-state index in [4.69, 9.17) is 8.83 Å². The quantitative estimate of drug-likeness (QED) is 0.812. The molecule has 0 unspecified atom stereocenters. The highest BCUT2D eigenvalue weighted by atomic mass is 16.3. The predicted octanol–water partition coefficient (Wildman–Crippen LogP) is 2.79. The minimum Gasteiger partial charge on any atom is -0.467 e. The molecule has 0 fully saturated rings. The Bertz CT molecular complexity index is 481. The van der Waals surface area contributed by atoms with E-state index in [0.29, 0.717) is 32.1 Å². The zero-order valence-electron chi connectivity index (χ0n) is 12.5. The van der Waals surface area contributed by atoms with E-state index in [-0.39, 0.29) is 5.91 Å². The van der Waals surface area contributed by atoms with Crippen molar-refractivity contribution in [3.8, 4) is 0 Å². The Kier molecular flexibility index (Phi) is 5.63. The Balaban J connectivity index is 1.95. The second kappa shape index (κ2) is 7.69. The fourth-order valence-corrected chi connectivity index (χ4v) is 2.04. The highest BCUT2D eigenvalue weighted by Crippen LogP contribution is 2.12. The summed E-state index contributed by atoms with van der Waals surface area (Å²) < 4.78 is 10.7. The maximum absolute atomic E-state index is 12.4. The fourth-order valence-electron chi connectivity index (χ4n) is 2.04. The maximum atomic E-state index is 12.4. The van der Waals surface area contributed by atoms with Crippen LogP contribution in [0.2, 0.25) is 0 Å². The van der Waals surface area contributed by atoms with Crippen molar-refractivity contribution in [3.63, 3.8) is 0 Å². The number of nitrogens with one attached hydrogen (secondary N) is 1. The van der Waals surface area contributed by atoms with Crippen molar-refractivity contribution in [2.75, 3.05) is 6.54 Å². The van der Waals surface area contributed by atoms with Crippen LogP contribution in [-0.4, -0.2) is 23.4 Å². The van der Waals surface area contributed by atoms with Crippen LogP contribution in [0, 0.1) is 0 Å². The van der Waals surface area contributed by atoms with Gasteiger partial charge in [-0.1, -0.05) is 13.8 Å². The highest BCUT2D eigenvalue weighted by molar-refractivity contribution is 5.76. The van der Waals surface area contributed by atoms with Crippen molar-refractivity contribution in [3.05, 3.63) is 48.3 Å². The molecule has 2 heterocycles. The van der Waals surface area contributed by atoms with Gasteiger partial charge in [0.05, 0.1) is 25.6 Å². The molecule has 21 heavy (non-hydrogen) atoms. The van der Waals surface area contributed by atoms with Gasteiger partial charge in [0.15, 0.2) is 0 Å². The van der Waals surface area contributed by atoms with Crippen LogP contribution in [0.25, 0.3) is 0 Å². The van der Waals surface area contributed by atoms with Gasteiger partial charge >= 0.3 is 0 Å². The Morgan fingerprint density at radius 1 is 1.14 bits per heavy atom. The van der Waals surface area contributed by atoms with Gasteiger partial charge in [0.1, 0.15) is 11.5 Å². The van der Waals surface area contributed by atoms with Gasteiger partial charge in [0.25, 0.3) is 0 Å². The molecule has 0 aromatic carbocycles. The van der Waals surface area contributed by atoms with E-state index >= 15 is 0 Å². The summed E-state index contributed by atoms with van der Waals surface area (Å²) in [4.78, 5) is 14.1. The minimum absolute atomic E-state index is 0.0796. The number of furan rings is 2. The number of hydrogen-bond donors (Lipinski definition) is 1. The van der Waals surface area contributed by atoms with Gasteiger partial charge in [0.2, 0.25) is 5.91 Å². The highest BCUT2D eigenvalue weighted by Gasteiger charge is 2.16. The SMILES string of the molecule is CC(C)NCCC(=O)N(Cc1ccco1)Cc1ccco1. The molecule has 2 aromatic rings. The molecule has 0 aliphatic heterocycles. The van der Waals surface area contributed by atoms with Gasteiger partial charge in [0, 0.05) is 19.0 Å². The van der Waals surface area contributed by atoms with Crippen molar-refractivity contribution in [2.24, 2.45) is 0 Å². The average molecular weight is 290 g/mol. The Hall–Kier alpha value is -2.01. The van der Waals surface area contributed by atoms with Crippen LogP contribution in [0.1, 0.15) is 31.8 Å². The fraction of sp³-hybridized carbons (Fsp3) is 0.438. The summed E-state index contributed by atoms with van der Waals surface area (Å²) >= 11 is 0. The monoisotopic (exact) mass is 290 g/mol. The summed E-state index contributed by atoms with van der Waals surface area (Å²) in [6, 6.07) is 7.77. The lowest BCUT2D eigenvalue weighted by atomic mass is 10.3. The zero-order valence-corrected chi connectivity index (χ0v) is 12.5. The maximum Gasteiger partial charge on any atom is 0.224 e. The predicted molar refractivity (Wildman–Crippen MR) is 79.4 cm³/mol. The van der Waals surface area contributed by atoms with E-state index in [1.54, 1.807) is 17.4 Å². The van der Waals surface area contributed by atoms with E-state index < -0.39 is 0 Å². The van der Waals surface area contributed by atoms with Gasteiger partial charge in [-0.3, -0.25) is 4.79 Å². The Labute approximate surface area is 124 Å². The molecular weight excluding hydrogens is 268 g/mol. The van der Waals surface area contributed by atoms with E-state index in [0.717, 1.165) is 11.5 Å². The molecule has 0 saturated carbocycles. The van der Waals surface area contributed by atoms with Gasteiger partial charge < -0.3 is 19.1 Å².